The third-order valence-corrected chi connectivity index (χ3v) is 3.34. The maximum absolute atomic E-state index is 12.2. The van der Waals surface area contributed by atoms with Crippen LogP contribution in [0.1, 0.15) is 16.1 Å². The predicted octanol–water partition coefficient (Wildman–Crippen LogP) is 3.10. The number of halogens is 1. The summed E-state index contributed by atoms with van der Waals surface area (Å²) in [6.45, 7) is 0. The number of allylic oxidation sites excluding steroid dienone is 1. The van der Waals surface area contributed by atoms with E-state index >= 15 is 0 Å². The number of benzene rings is 1. The summed E-state index contributed by atoms with van der Waals surface area (Å²) in [5.41, 5.74) is 0.986. The molecule has 0 N–H and O–H groups in total. The Bertz CT molecular complexity index is 641. The fourth-order valence-corrected chi connectivity index (χ4v) is 2.21. The molecule has 1 aromatic carbocycles. The van der Waals surface area contributed by atoms with Crippen molar-refractivity contribution >= 4 is 35.0 Å². The third kappa shape index (κ3) is 3.15. The highest BCUT2D eigenvalue weighted by Crippen LogP contribution is 2.32. The molecule has 7 heteroatoms. The largest absolute Gasteiger partial charge is 0.496 e. The Morgan fingerprint density at radius 2 is 2.05 bits per heavy atom. The van der Waals surface area contributed by atoms with Gasteiger partial charge in [-0.15, -0.1) is 5.10 Å². The van der Waals surface area contributed by atoms with E-state index in [1.54, 1.807) is 17.5 Å². The summed E-state index contributed by atoms with van der Waals surface area (Å²) in [7, 11) is 2.98. The van der Waals surface area contributed by atoms with Gasteiger partial charge in [-0.2, -0.15) is 0 Å². The lowest BCUT2D eigenvalue weighted by Gasteiger charge is -2.09. The molecule has 1 aromatic heterocycles. The minimum atomic E-state index is -0.237. The molecular weight excluding hydrogens is 300 g/mol. The Morgan fingerprint density at radius 3 is 2.65 bits per heavy atom. The predicted molar refractivity (Wildman–Crippen MR) is 77.8 cm³/mol. The van der Waals surface area contributed by atoms with Crippen molar-refractivity contribution in [2.45, 2.75) is 0 Å². The van der Waals surface area contributed by atoms with Gasteiger partial charge in [-0.1, -0.05) is 16.1 Å². The molecule has 0 saturated heterocycles. The van der Waals surface area contributed by atoms with Gasteiger partial charge in [0.15, 0.2) is 5.78 Å². The van der Waals surface area contributed by atoms with Crippen LogP contribution in [0, 0.1) is 0 Å². The average molecular weight is 311 g/mol. The molecule has 2 aromatic rings. The van der Waals surface area contributed by atoms with E-state index in [0.29, 0.717) is 27.8 Å². The van der Waals surface area contributed by atoms with Crippen LogP contribution < -0.4 is 9.47 Å². The Hall–Kier alpha value is -1.92. The summed E-state index contributed by atoms with van der Waals surface area (Å²) < 4.78 is 14.0. The van der Waals surface area contributed by atoms with E-state index in [4.69, 9.17) is 21.1 Å². The highest BCUT2D eigenvalue weighted by atomic mass is 35.5. The van der Waals surface area contributed by atoms with Crippen LogP contribution in [-0.2, 0) is 0 Å². The Kier molecular flexibility index (Phi) is 4.70. The lowest BCUT2D eigenvalue weighted by molar-refractivity contribution is 0.104. The second kappa shape index (κ2) is 6.49. The fraction of sp³-hybridized carbons (Fsp3) is 0.154. The molecule has 0 amide bonds. The van der Waals surface area contributed by atoms with E-state index in [9.17, 15) is 4.79 Å². The standard InChI is InChI=1S/C13H11ClN2O3S/c1-18-12-6-13(19-2)10(14)5-9(12)11(17)4-3-8-7-20-16-15-8/h3-7H,1-2H3/b4-3-. The normalized spacial score (nSPS) is 10.8. The van der Waals surface area contributed by atoms with Crippen LogP contribution in [0.25, 0.3) is 6.08 Å². The van der Waals surface area contributed by atoms with E-state index in [-0.39, 0.29) is 5.78 Å². The van der Waals surface area contributed by atoms with Crippen LogP contribution in [0.2, 0.25) is 5.02 Å². The van der Waals surface area contributed by atoms with Gasteiger partial charge < -0.3 is 9.47 Å². The van der Waals surface area contributed by atoms with E-state index in [1.807, 2.05) is 0 Å². The molecule has 0 saturated carbocycles. The second-order valence-corrected chi connectivity index (χ2v) is 4.73. The maximum Gasteiger partial charge on any atom is 0.189 e. The third-order valence-electron chi connectivity index (χ3n) is 2.52. The SMILES string of the molecule is COc1cc(OC)c(C(=O)/C=C\c2csnn2)cc1Cl. The molecule has 104 valence electrons. The number of carbonyl (C=O) groups excluding carboxylic acids is 1. The molecule has 0 aliphatic heterocycles. The maximum atomic E-state index is 12.2. The topological polar surface area (TPSA) is 61.3 Å². The minimum absolute atomic E-state index is 0.237. The molecule has 1 heterocycles. The van der Waals surface area contributed by atoms with Crippen LogP contribution in [0.4, 0.5) is 0 Å². The molecule has 2 rings (SSSR count). The zero-order valence-corrected chi connectivity index (χ0v) is 12.4. The second-order valence-electron chi connectivity index (χ2n) is 3.71. The van der Waals surface area contributed by atoms with E-state index in [0.717, 1.165) is 0 Å². The van der Waals surface area contributed by atoms with Gasteiger partial charge in [0.25, 0.3) is 0 Å². The number of hydrogen-bond donors (Lipinski definition) is 0. The van der Waals surface area contributed by atoms with Gasteiger partial charge in [-0.25, -0.2) is 0 Å². The molecular formula is C13H11ClN2O3S. The van der Waals surface area contributed by atoms with Crippen molar-refractivity contribution in [1.29, 1.82) is 0 Å². The van der Waals surface area contributed by atoms with Crippen molar-refractivity contribution in [3.8, 4) is 11.5 Å². The Labute approximate surface area is 125 Å². The Morgan fingerprint density at radius 1 is 1.30 bits per heavy atom. The molecule has 0 atom stereocenters. The van der Waals surface area contributed by atoms with Crippen molar-refractivity contribution in [3.05, 3.63) is 39.9 Å². The number of nitrogens with zero attached hydrogens (tertiary/aromatic N) is 2. The summed E-state index contributed by atoms with van der Waals surface area (Å²) in [5, 5.41) is 5.91. The van der Waals surface area contributed by atoms with Crippen molar-refractivity contribution < 1.29 is 14.3 Å². The van der Waals surface area contributed by atoms with Gasteiger partial charge in [0.2, 0.25) is 0 Å². The first kappa shape index (κ1) is 14.5. The molecule has 0 spiro atoms. The highest BCUT2D eigenvalue weighted by Gasteiger charge is 2.14. The van der Waals surface area contributed by atoms with E-state index in [1.165, 1.54) is 37.9 Å². The molecule has 20 heavy (non-hydrogen) atoms. The number of methoxy groups -OCH3 is 2. The average Bonchev–Trinajstić information content (AvgIpc) is 2.97. The zero-order valence-electron chi connectivity index (χ0n) is 10.8. The van der Waals surface area contributed by atoms with Crippen molar-refractivity contribution in [2.75, 3.05) is 14.2 Å². The minimum Gasteiger partial charge on any atom is -0.496 e. The Balaban J connectivity index is 2.31. The summed E-state index contributed by atoms with van der Waals surface area (Å²) in [4.78, 5) is 12.2. The summed E-state index contributed by atoms with van der Waals surface area (Å²) >= 11 is 7.24. The summed E-state index contributed by atoms with van der Waals surface area (Å²) in [6.07, 6.45) is 2.99. The first-order chi connectivity index (χ1) is 9.65. The number of carbonyl (C=O) groups is 1. The number of hydrogen-bond acceptors (Lipinski definition) is 6. The lowest BCUT2D eigenvalue weighted by Crippen LogP contribution is -2.00. The lowest BCUT2D eigenvalue weighted by atomic mass is 10.1. The number of ether oxygens (including phenoxy) is 2. The summed E-state index contributed by atoms with van der Waals surface area (Å²) in [5.74, 6) is 0.615. The number of rotatable bonds is 5. The molecule has 0 bridgehead atoms. The molecule has 5 nitrogen and oxygen atoms in total. The highest BCUT2D eigenvalue weighted by molar-refractivity contribution is 7.03. The van der Waals surface area contributed by atoms with Crippen LogP contribution in [-0.4, -0.2) is 29.6 Å². The van der Waals surface area contributed by atoms with Crippen molar-refractivity contribution in [2.24, 2.45) is 0 Å². The quantitative estimate of drug-likeness (QED) is 0.627. The smallest absolute Gasteiger partial charge is 0.189 e. The van der Waals surface area contributed by atoms with Gasteiger partial charge in [-0.05, 0) is 29.8 Å². The van der Waals surface area contributed by atoms with Crippen LogP contribution in [0.3, 0.4) is 0 Å². The van der Waals surface area contributed by atoms with Crippen LogP contribution >= 0.6 is 23.1 Å². The fourth-order valence-electron chi connectivity index (χ4n) is 1.55. The van der Waals surface area contributed by atoms with Crippen LogP contribution in [0.15, 0.2) is 23.6 Å². The first-order valence-corrected chi connectivity index (χ1v) is 6.78. The number of aromatic nitrogens is 2. The van der Waals surface area contributed by atoms with Gasteiger partial charge in [-0.3, -0.25) is 4.79 Å². The number of ketones is 1. The van der Waals surface area contributed by atoms with E-state index in [2.05, 4.69) is 9.59 Å². The zero-order chi connectivity index (χ0) is 14.5. The van der Waals surface area contributed by atoms with Crippen molar-refractivity contribution in [1.82, 2.24) is 9.59 Å². The van der Waals surface area contributed by atoms with Crippen LogP contribution in [0.5, 0.6) is 11.5 Å². The van der Waals surface area contributed by atoms with Gasteiger partial charge in [0.1, 0.15) is 11.5 Å². The van der Waals surface area contributed by atoms with Crippen molar-refractivity contribution in [3.63, 3.8) is 0 Å². The molecule has 0 aliphatic rings. The van der Waals surface area contributed by atoms with Gasteiger partial charge >= 0.3 is 0 Å². The molecule has 0 unspecified atom stereocenters. The van der Waals surface area contributed by atoms with E-state index < -0.39 is 0 Å². The molecule has 0 radical (unpaired) electrons. The van der Waals surface area contributed by atoms with Gasteiger partial charge in [0.05, 0.1) is 30.5 Å². The summed E-state index contributed by atoms with van der Waals surface area (Å²) in [6, 6.07) is 3.10. The molecule has 0 fully saturated rings. The van der Waals surface area contributed by atoms with Gasteiger partial charge in [0, 0.05) is 11.4 Å². The first-order valence-electron chi connectivity index (χ1n) is 5.56. The molecule has 0 aliphatic carbocycles. The monoisotopic (exact) mass is 310 g/mol.